The third-order valence-corrected chi connectivity index (χ3v) is 4.41. The van der Waals surface area contributed by atoms with Crippen molar-refractivity contribution < 1.29 is 41.5 Å². The van der Waals surface area contributed by atoms with Gasteiger partial charge in [0.05, 0.1) is 0 Å². The quantitative estimate of drug-likeness (QED) is 0.232. The number of carboxylic acids is 2. The maximum atomic E-state index is 9.25. The molecule has 4 aromatic rings. The first-order chi connectivity index (χ1) is 14.4. The summed E-state index contributed by atoms with van der Waals surface area (Å²) in [4.78, 5) is 18.5. The van der Waals surface area contributed by atoms with Crippen molar-refractivity contribution in [3.05, 3.63) is 109 Å². The SMILES string of the molecule is C=CC(=O)O.C=CC(=O)O.[Ti+2].c1ccc2[cH-]c(CCc3cc4ccccc4[cH-]3)cc2c1. The van der Waals surface area contributed by atoms with E-state index < -0.39 is 11.9 Å². The summed E-state index contributed by atoms with van der Waals surface area (Å²) < 4.78 is 0. The third kappa shape index (κ3) is 8.59. The Labute approximate surface area is 196 Å². The summed E-state index contributed by atoms with van der Waals surface area (Å²) >= 11 is 0. The monoisotopic (exact) mass is 448 g/mol. The van der Waals surface area contributed by atoms with E-state index in [0.717, 1.165) is 25.0 Å². The molecular weight excluding hydrogens is 424 g/mol. The van der Waals surface area contributed by atoms with Crippen LogP contribution in [0.5, 0.6) is 0 Å². The molecule has 0 fully saturated rings. The smallest absolute Gasteiger partial charge is 0.478 e. The van der Waals surface area contributed by atoms with Crippen molar-refractivity contribution in [2.75, 3.05) is 0 Å². The molecule has 0 spiro atoms. The zero-order valence-electron chi connectivity index (χ0n) is 17.1. The van der Waals surface area contributed by atoms with Crippen LogP contribution in [0.2, 0.25) is 0 Å². The Morgan fingerprint density at radius 1 is 0.742 bits per heavy atom. The van der Waals surface area contributed by atoms with E-state index in [2.05, 4.69) is 86.0 Å². The minimum absolute atomic E-state index is 0. The molecule has 0 aliphatic rings. The van der Waals surface area contributed by atoms with Gasteiger partial charge in [-0.25, -0.2) is 9.59 Å². The van der Waals surface area contributed by atoms with Gasteiger partial charge in [-0.15, -0.1) is 81.2 Å². The average Bonchev–Trinajstić information content (AvgIpc) is 3.36. The maximum absolute atomic E-state index is 9.25. The average molecular weight is 448 g/mol. The van der Waals surface area contributed by atoms with Crippen molar-refractivity contribution in [2.24, 2.45) is 0 Å². The molecule has 0 unspecified atom stereocenters. The number of hydrogen-bond donors (Lipinski definition) is 2. The van der Waals surface area contributed by atoms with Gasteiger partial charge in [-0.2, -0.15) is 12.1 Å². The normalized spacial score (nSPS) is 9.42. The predicted molar refractivity (Wildman–Crippen MR) is 122 cm³/mol. The van der Waals surface area contributed by atoms with Gasteiger partial charge in [0.25, 0.3) is 0 Å². The summed E-state index contributed by atoms with van der Waals surface area (Å²) in [5.41, 5.74) is 2.88. The molecule has 31 heavy (non-hydrogen) atoms. The molecule has 0 amide bonds. The first kappa shape index (κ1) is 25.8. The fraction of sp³-hybridized carbons (Fsp3) is 0.0769. The molecule has 4 aromatic carbocycles. The van der Waals surface area contributed by atoms with E-state index in [0.29, 0.717) is 0 Å². The topological polar surface area (TPSA) is 74.6 Å². The summed E-state index contributed by atoms with van der Waals surface area (Å²) in [7, 11) is 0. The van der Waals surface area contributed by atoms with Crippen LogP contribution in [-0.4, -0.2) is 22.2 Å². The third-order valence-electron chi connectivity index (χ3n) is 4.41. The molecule has 5 heteroatoms. The molecular formula is C26H24O4Ti. The fourth-order valence-electron chi connectivity index (χ4n) is 3.01. The molecule has 0 heterocycles. The van der Waals surface area contributed by atoms with E-state index in [-0.39, 0.29) is 21.7 Å². The zero-order chi connectivity index (χ0) is 21.9. The second-order valence-corrected chi connectivity index (χ2v) is 6.57. The molecule has 0 aliphatic heterocycles. The maximum Gasteiger partial charge on any atom is 2.00 e. The molecule has 0 aliphatic carbocycles. The van der Waals surface area contributed by atoms with Gasteiger partial charge in [0, 0.05) is 12.2 Å². The summed E-state index contributed by atoms with van der Waals surface area (Å²) in [5.74, 6) is -1.96. The molecule has 4 nitrogen and oxygen atoms in total. The van der Waals surface area contributed by atoms with Gasteiger partial charge in [0.15, 0.2) is 0 Å². The fourth-order valence-corrected chi connectivity index (χ4v) is 3.01. The van der Waals surface area contributed by atoms with Crippen LogP contribution in [0.4, 0.5) is 0 Å². The first-order valence-electron chi connectivity index (χ1n) is 9.42. The van der Waals surface area contributed by atoms with Crippen LogP contribution in [0.15, 0.2) is 98.1 Å². The number of rotatable bonds is 5. The molecule has 2 N–H and O–H groups in total. The largest absolute Gasteiger partial charge is 2.00 e. The number of aliphatic carboxylic acids is 2. The van der Waals surface area contributed by atoms with Gasteiger partial charge >= 0.3 is 33.7 Å². The van der Waals surface area contributed by atoms with Gasteiger partial charge in [0.2, 0.25) is 0 Å². The number of hydrogen-bond acceptors (Lipinski definition) is 2. The van der Waals surface area contributed by atoms with E-state index in [9.17, 15) is 9.59 Å². The van der Waals surface area contributed by atoms with Crippen LogP contribution < -0.4 is 0 Å². The number of carboxylic acid groups (broad SMARTS) is 2. The summed E-state index contributed by atoms with van der Waals surface area (Å²) in [6.07, 6.45) is 3.90. The standard InChI is InChI=1S/C20H16.2C3H4O2.Ti/c1-2-6-18-12-15(11-17(18)5-1)9-10-16-13-19-7-3-4-8-20(19)14-16;2*1-2-3(4)5;/h1-8,11-14H,9-10H2;2*2H,1H2,(H,4,5);/q-2;;;+2. The Kier molecular flexibility index (Phi) is 11.0. The Morgan fingerprint density at radius 2 is 1.06 bits per heavy atom. The number of aryl methyl sites for hydroxylation is 2. The van der Waals surface area contributed by atoms with Crippen LogP contribution in [0, 0.1) is 0 Å². The molecule has 0 radical (unpaired) electrons. The minimum Gasteiger partial charge on any atom is -0.478 e. The molecule has 156 valence electrons. The van der Waals surface area contributed by atoms with Crippen molar-refractivity contribution in [3.63, 3.8) is 0 Å². The van der Waals surface area contributed by atoms with Gasteiger partial charge in [-0.3, -0.25) is 0 Å². The van der Waals surface area contributed by atoms with Crippen molar-refractivity contribution in [3.8, 4) is 0 Å². The van der Waals surface area contributed by atoms with Crippen LogP contribution in [0.3, 0.4) is 0 Å². The van der Waals surface area contributed by atoms with Crippen LogP contribution in [0.25, 0.3) is 21.5 Å². The molecule has 0 saturated carbocycles. The van der Waals surface area contributed by atoms with Gasteiger partial charge in [-0.1, -0.05) is 25.3 Å². The Balaban J connectivity index is 0.000000372. The Morgan fingerprint density at radius 3 is 1.35 bits per heavy atom. The van der Waals surface area contributed by atoms with E-state index in [1.807, 2.05) is 0 Å². The number of carbonyl (C=O) groups is 2. The first-order valence-corrected chi connectivity index (χ1v) is 9.42. The van der Waals surface area contributed by atoms with E-state index in [1.54, 1.807) is 0 Å². The van der Waals surface area contributed by atoms with Crippen LogP contribution in [0.1, 0.15) is 11.1 Å². The summed E-state index contributed by atoms with van der Waals surface area (Å²) in [6.45, 7) is 5.92. The Bertz CT molecular complexity index is 992. The number of fused-ring (bicyclic) bond motifs is 2. The second-order valence-electron chi connectivity index (χ2n) is 6.57. The Hall–Kier alpha value is -3.21. The molecule has 4 rings (SSSR count). The summed E-state index contributed by atoms with van der Waals surface area (Å²) in [5, 5.41) is 20.6. The van der Waals surface area contributed by atoms with Crippen LogP contribution in [-0.2, 0) is 44.1 Å². The van der Waals surface area contributed by atoms with Crippen molar-refractivity contribution in [2.45, 2.75) is 12.8 Å². The molecule has 0 aromatic heterocycles. The van der Waals surface area contributed by atoms with Crippen LogP contribution >= 0.6 is 0 Å². The molecule has 0 atom stereocenters. The summed E-state index contributed by atoms with van der Waals surface area (Å²) in [6, 6.07) is 26.5. The van der Waals surface area contributed by atoms with Crippen molar-refractivity contribution in [1.82, 2.24) is 0 Å². The zero-order valence-corrected chi connectivity index (χ0v) is 18.7. The minimum atomic E-state index is -0.981. The van der Waals surface area contributed by atoms with E-state index >= 15 is 0 Å². The van der Waals surface area contributed by atoms with Gasteiger partial charge < -0.3 is 10.2 Å². The van der Waals surface area contributed by atoms with Crippen molar-refractivity contribution in [1.29, 1.82) is 0 Å². The van der Waals surface area contributed by atoms with Crippen molar-refractivity contribution >= 4 is 33.5 Å². The number of benzene rings is 2. The van der Waals surface area contributed by atoms with Gasteiger partial charge in [0.1, 0.15) is 0 Å². The predicted octanol–water partition coefficient (Wildman–Crippen LogP) is 5.73. The second kappa shape index (κ2) is 13.2. The molecule has 0 bridgehead atoms. The van der Waals surface area contributed by atoms with E-state index in [4.69, 9.17) is 10.2 Å². The molecule has 0 saturated heterocycles. The van der Waals surface area contributed by atoms with E-state index in [1.165, 1.54) is 32.7 Å². The van der Waals surface area contributed by atoms with Gasteiger partial charge in [-0.05, 0) is 12.8 Å².